The van der Waals surface area contributed by atoms with Gasteiger partial charge in [0.2, 0.25) is 0 Å². The van der Waals surface area contributed by atoms with Crippen LogP contribution >= 0.6 is 0 Å². The molecule has 15 heavy (non-hydrogen) atoms. The molecule has 0 fully saturated rings. The van der Waals surface area contributed by atoms with Crippen molar-refractivity contribution < 1.29 is 4.74 Å². The van der Waals surface area contributed by atoms with Gasteiger partial charge in [-0.15, -0.1) is 0 Å². The summed E-state index contributed by atoms with van der Waals surface area (Å²) in [6.45, 7) is 10.4. The first-order chi connectivity index (χ1) is 7.07. The summed E-state index contributed by atoms with van der Waals surface area (Å²) < 4.78 is 5.46. The molecule has 0 heterocycles. The quantitative estimate of drug-likeness (QED) is 0.592. The SMILES string of the molecule is CCOCC(NCCCN(C)C)C(C)C. The van der Waals surface area contributed by atoms with Crippen LogP contribution in [-0.4, -0.2) is 51.3 Å². The fourth-order valence-corrected chi connectivity index (χ4v) is 1.41. The smallest absolute Gasteiger partial charge is 0.0621 e. The Bertz CT molecular complexity index is 138. The molecule has 0 rings (SSSR count). The molecule has 0 amide bonds. The zero-order valence-corrected chi connectivity index (χ0v) is 11.0. The highest BCUT2D eigenvalue weighted by atomic mass is 16.5. The Morgan fingerprint density at radius 2 is 1.93 bits per heavy atom. The van der Waals surface area contributed by atoms with Crippen molar-refractivity contribution >= 4 is 0 Å². The maximum atomic E-state index is 5.46. The van der Waals surface area contributed by atoms with Gasteiger partial charge in [-0.25, -0.2) is 0 Å². The Balaban J connectivity index is 3.57. The van der Waals surface area contributed by atoms with Crippen molar-refractivity contribution in [3.05, 3.63) is 0 Å². The van der Waals surface area contributed by atoms with E-state index in [-0.39, 0.29) is 0 Å². The van der Waals surface area contributed by atoms with Gasteiger partial charge in [-0.1, -0.05) is 13.8 Å². The molecule has 3 nitrogen and oxygen atoms in total. The molecule has 1 N–H and O–H groups in total. The van der Waals surface area contributed by atoms with Gasteiger partial charge in [0.1, 0.15) is 0 Å². The molecule has 0 radical (unpaired) electrons. The predicted octanol–water partition coefficient (Wildman–Crippen LogP) is 1.59. The van der Waals surface area contributed by atoms with Gasteiger partial charge in [-0.3, -0.25) is 0 Å². The minimum absolute atomic E-state index is 0.493. The molecule has 3 heteroatoms. The topological polar surface area (TPSA) is 24.5 Å². The molecule has 1 unspecified atom stereocenters. The van der Waals surface area contributed by atoms with Gasteiger partial charge in [-0.05, 0) is 46.4 Å². The second kappa shape index (κ2) is 9.13. The Labute approximate surface area is 95.2 Å². The van der Waals surface area contributed by atoms with Gasteiger partial charge < -0.3 is 15.0 Å². The molecule has 92 valence electrons. The van der Waals surface area contributed by atoms with Crippen molar-refractivity contribution in [3.63, 3.8) is 0 Å². The van der Waals surface area contributed by atoms with E-state index in [4.69, 9.17) is 4.74 Å². The van der Waals surface area contributed by atoms with Crippen LogP contribution in [0, 0.1) is 5.92 Å². The van der Waals surface area contributed by atoms with Crippen LogP contribution in [-0.2, 0) is 4.74 Å². The minimum Gasteiger partial charge on any atom is -0.380 e. The summed E-state index contributed by atoms with van der Waals surface area (Å²) in [5, 5.41) is 3.56. The van der Waals surface area contributed by atoms with E-state index in [9.17, 15) is 0 Å². The Hall–Kier alpha value is -0.120. The van der Waals surface area contributed by atoms with Gasteiger partial charge in [-0.2, -0.15) is 0 Å². The third-order valence-corrected chi connectivity index (χ3v) is 2.49. The molecule has 1 atom stereocenters. The Morgan fingerprint density at radius 3 is 2.40 bits per heavy atom. The van der Waals surface area contributed by atoms with E-state index in [1.54, 1.807) is 0 Å². The van der Waals surface area contributed by atoms with Crippen molar-refractivity contribution in [2.45, 2.75) is 33.2 Å². The van der Waals surface area contributed by atoms with Crippen LogP contribution in [0.25, 0.3) is 0 Å². The van der Waals surface area contributed by atoms with E-state index >= 15 is 0 Å². The van der Waals surface area contributed by atoms with Crippen molar-refractivity contribution in [1.82, 2.24) is 10.2 Å². The third-order valence-electron chi connectivity index (χ3n) is 2.49. The Morgan fingerprint density at radius 1 is 1.27 bits per heavy atom. The summed E-state index contributed by atoms with van der Waals surface area (Å²) in [5.41, 5.74) is 0. The predicted molar refractivity (Wildman–Crippen MR) is 66.3 cm³/mol. The molecule has 0 saturated heterocycles. The molecule has 0 bridgehead atoms. The zero-order chi connectivity index (χ0) is 11.7. The monoisotopic (exact) mass is 216 g/mol. The highest BCUT2D eigenvalue weighted by Gasteiger charge is 2.11. The number of nitrogens with zero attached hydrogens (tertiary/aromatic N) is 1. The van der Waals surface area contributed by atoms with Crippen molar-refractivity contribution in [3.8, 4) is 0 Å². The lowest BCUT2D eigenvalue weighted by Crippen LogP contribution is -2.39. The van der Waals surface area contributed by atoms with Crippen LogP contribution in [0.3, 0.4) is 0 Å². The van der Waals surface area contributed by atoms with E-state index in [0.717, 1.165) is 26.3 Å². The largest absolute Gasteiger partial charge is 0.380 e. The molecule has 0 aliphatic heterocycles. The average Bonchev–Trinajstić information content (AvgIpc) is 2.15. The minimum atomic E-state index is 0.493. The second-order valence-electron chi connectivity index (χ2n) is 4.62. The van der Waals surface area contributed by atoms with E-state index in [2.05, 4.69) is 38.2 Å². The number of nitrogens with one attached hydrogen (secondary N) is 1. The van der Waals surface area contributed by atoms with Gasteiger partial charge in [0.05, 0.1) is 6.61 Å². The van der Waals surface area contributed by atoms with Crippen LogP contribution in [0.4, 0.5) is 0 Å². The van der Waals surface area contributed by atoms with Crippen LogP contribution in [0.2, 0.25) is 0 Å². The lowest BCUT2D eigenvalue weighted by molar-refractivity contribution is 0.108. The molecule has 0 spiro atoms. The highest BCUT2D eigenvalue weighted by molar-refractivity contribution is 4.69. The van der Waals surface area contributed by atoms with Crippen LogP contribution < -0.4 is 5.32 Å². The maximum Gasteiger partial charge on any atom is 0.0621 e. The lowest BCUT2D eigenvalue weighted by Gasteiger charge is -2.22. The van der Waals surface area contributed by atoms with Crippen molar-refractivity contribution in [2.24, 2.45) is 5.92 Å². The lowest BCUT2D eigenvalue weighted by atomic mass is 10.1. The standard InChI is InChI=1S/C12H28N2O/c1-6-15-10-12(11(2)3)13-8-7-9-14(4)5/h11-13H,6-10H2,1-5H3. The number of ether oxygens (including phenoxy) is 1. The molecule has 0 aliphatic carbocycles. The average molecular weight is 216 g/mol. The first kappa shape index (κ1) is 14.9. The number of hydrogen-bond donors (Lipinski definition) is 1. The third kappa shape index (κ3) is 8.85. The summed E-state index contributed by atoms with van der Waals surface area (Å²) in [4.78, 5) is 2.22. The first-order valence-corrected chi connectivity index (χ1v) is 6.03. The Kier molecular flexibility index (Phi) is 9.06. The van der Waals surface area contributed by atoms with Gasteiger partial charge in [0, 0.05) is 12.6 Å². The molecular weight excluding hydrogens is 188 g/mol. The van der Waals surface area contributed by atoms with Crippen molar-refractivity contribution in [1.29, 1.82) is 0 Å². The second-order valence-corrected chi connectivity index (χ2v) is 4.62. The number of hydrogen-bond acceptors (Lipinski definition) is 3. The number of rotatable bonds is 9. The van der Waals surface area contributed by atoms with Gasteiger partial charge in [0.25, 0.3) is 0 Å². The molecular formula is C12H28N2O. The summed E-state index contributed by atoms with van der Waals surface area (Å²) in [6, 6.07) is 0.493. The molecule has 0 saturated carbocycles. The van der Waals surface area contributed by atoms with Crippen LogP contribution in [0.5, 0.6) is 0 Å². The summed E-state index contributed by atoms with van der Waals surface area (Å²) in [6.07, 6.45) is 1.20. The van der Waals surface area contributed by atoms with Crippen LogP contribution in [0.1, 0.15) is 27.2 Å². The summed E-state index contributed by atoms with van der Waals surface area (Å²) in [5.74, 6) is 0.635. The summed E-state index contributed by atoms with van der Waals surface area (Å²) in [7, 11) is 4.22. The van der Waals surface area contributed by atoms with Gasteiger partial charge in [0.15, 0.2) is 0 Å². The van der Waals surface area contributed by atoms with E-state index in [0.29, 0.717) is 12.0 Å². The molecule has 0 aromatic carbocycles. The maximum absolute atomic E-state index is 5.46. The zero-order valence-electron chi connectivity index (χ0n) is 11.0. The van der Waals surface area contributed by atoms with E-state index < -0.39 is 0 Å². The van der Waals surface area contributed by atoms with E-state index in [1.807, 2.05) is 6.92 Å². The normalized spacial score (nSPS) is 13.8. The molecule has 0 aliphatic rings. The highest BCUT2D eigenvalue weighted by Crippen LogP contribution is 2.02. The first-order valence-electron chi connectivity index (χ1n) is 6.03. The van der Waals surface area contributed by atoms with Crippen LogP contribution in [0.15, 0.2) is 0 Å². The van der Waals surface area contributed by atoms with E-state index in [1.165, 1.54) is 6.42 Å². The fraction of sp³-hybridized carbons (Fsp3) is 1.00. The molecule has 0 aromatic rings. The van der Waals surface area contributed by atoms with Crippen molar-refractivity contribution in [2.75, 3.05) is 40.4 Å². The fourth-order valence-electron chi connectivity index (χ4n) is 1.41. The van der Waals surface area contributed by atoms with Gasteiger partial charge >= 0.3 is 0 Å². The molecule has 0 aromatic heterocycles. The summed E-state index contributed by atoms with van der Waals surface area (Å²) >= 11 is 0.